The van der Waals surface area contributed by atoms with Gasteiger partial charge in [0.15, 0.2) is 5.44 Å². The summed E-state index contributed by atoms with van der Waals surface area (Å²) in [4.78, 5) is 24.2. The van der Waals surface area contributed by atoms with Crippen LogP contribution in [0.1, 0.15) is 0 Å². The first kappa shape index (κ1) is 10.1. The van der Waals surface area contributed by atoms with Crippen LogP contribution in [-0.4, -0.2) is 26.7 Å². The number of aliphatic hydroxyl groups is 1. The second kappa shape index (κ2) is 3.95. The minimum Gasteiger partial charge on any atom is -0.461 e. The van der Waals surface area contributed by atoms with Gasteiger partial charge >= 0.3 is 5.69 Å². The zero-order valence-corrected chi connectivity index (χ0v) is 8.36. The lowest BCUT2D eigenvalue weighted by Crippen LogP contribution is -2.28. The molecule has 0 aliphatic carbocycles. The normalized spacial score (nSPS) is 19.8. The van der Waals surface area contributed by atoms with Crippen molar-refractivity contribution >= 4 is 17.6 Å². The Balaban J connectivity index is 2.32. The lowest BCUT2D eigenvalue weighted by atomic mass is 10.6. The van der Waals surface area contributed by atoms with E-state index in [4.69, 9.17) is 9.84 Å². The average molecular weight is 228 g/mol. The zero-order chi connectivity index (χ0) is 10.8. The molecule has 80 valence electrons. The van der Waals surface area contributed by atoms with Gasteiger partial charge in [0, 0.05) is 17.7 Å². The minimum absolute atomic E-state index is 0.136. The molecular weight excluding hydrogens is 220 g/mol. The second-order valence-corrected chi connectivity index (χ2v) is 3.84. The number of hydrogen-bond acceptors (Lipinski definition) is 5. The highest BCUT2D eigenvalue weighted by molar-refractivity contribution is 8.03. The number of aromatic nitrogens is 2. The minimum atomic E-state index is -0.562. The number of rotatable bonds is 2. The van der Waals surface area contributed by atoms with Crippen LogP contribution in [0.5, 0.6) is 0 Å². The van der Waals surface area contributed by atoms with Crippen molar-refractivity contribution in [3.8, 4) is 0 Å². The first-order valence-corrected chi connectivity index (χ1v) is 5.10. The van der Waals surface area contributed by atoms with E-state index in [9.17, 15) is 9.59 Å². The number of aromatic amines is 1. The molecule has 1 aliphatic heterocycles. The standard InChI is InChI=1S/C8H8N2O4S/c11-3-7-14-6(4-15-7)10-2-1-5(12)9-8(10)13/h1-2,4,7,11H,3H2,(H,9,12,13)/t7-/m0/s1. The molecule has 0 fully saturated rings. The molecule has 7 heteroatoms. The molecule has 0 unspecified atom stereocenters. The summed E-state index contributed by atoms with van der Waals surface area (Å²) in [5, 5.41) is 10.4. The molecule has 2 N–H and O–H groups in total. The summed E-state index contributed by atoms with van der Waals surface area (Å²) in [6.07, 6.45) is 1.33. The number of nitrogens with zero attached hydrogens (tertiary/aromatic N) is 1. The van der Waals surface area contributed by atoms with Crippen LogP contribution in [0.2, 0.25) is 0 Å². The molecule has 1 atom stereocenters. The molecule has 0 radical (unpaired) electrons. The summed E-state index contributed by atoms with van der Waals surface area (Å²) < 4.78 is 6.40. The monoisotopic (exact) mass is 228 g/mol. The Bertz CT molecular complexity index is 504. The van der Waals surface area contributed by atoms with Gasteiger partial charge in [-0.2, -0.15) is 0 Å². The number of hydrogen-bond donors (Lipinski definition) is 2. The van der Waals surface area contributed by atoms with Crippen LogP contribution in [0.25, 0.3) is 5.88 Å². The Kier molecular flexibility index (Phi) is 2.65. The van der Waals surface area contributed by atoms with Crippen molar-refractivity contribution < 1.29 is 9.84 Å². The lowest BCUT2D eigenvalue weighted by molar-refractivity contribution is 0.151. The van der Waals surface area contributed by atoms with Crippen molar-refractivity contribution in [3.63, 3.8) is 0 Å². The molecule has 0 saturated heterocycles. The van der Waals surface area contributed by atoms with Crippen LogP contribution in [0, 0.1) is 0 Å². The summed E-state index contributed by atoms with van der Waals surface area (Å²) in [6, 6.07) is 1.22. The van der Waals surface area contributed by atoms with Gasteiger partial charge in [0.25, 0.3) is 5.56 Å². The fourth-order valence-corrected chi connectivity index (χ4v) is 1.79. The largest absolute Gasteiger partial charge is 0.461 e. The van der Waals surface area contributed by atoms with Crippen molar-refractivity contribution in [2.24, 2.45) is 0 Å². The van der Waals surface area contributed by atoms with Crippen LogP contribution in [0.15, 0.2) is 27.3 Å². The van der Waals surface area contributed by atoms with E-state index in [-0.39, 0.29) is 12.0 Å². The van der Waals surface area contributed by atoms with Crippen LogP contribution < -0.4 is 11.2 Å². The van der Waals surface area contributed by atoms with Crippen LogP contribution >= 0.6 is 11.8 Å². The Hall–Kier alpha value is -1.47. The molecule has 0 aromatic carbocycles. The van der Waals surface area contributed by atoms with Crippen LogP contribution in [0.4, 0.5) is 0 Å². The number of aliphatic hydroxyl groups excluding tert-OH is 1. The molecule has 1 aliphatic rings. The van der Waals surface area contributed by atoms with Crippen molar-refractivity contribution in [1.82, 2.24) is 9.55 Å². The molecular formula is C8H8N2O4S. The van der Waals surface area contributed by atoms with Crippen molar-refractivity contribution in [2.45, 2.75) is 5.44 Å². The summed E-state index contributed by atoms with van der Waals surface area (Å²) in [5.74, 6) is 0.306. The smallest absolute Gasteiger partial charge is 0.335 e. The summed E-state index contributed by atoms with van der Waals surface area (Å²) >= 11 is 1.27. The predicted octanol–water partition coefficient (Wildman–Crippen LogP) is -0.626. The predicted molar refractivity (Wildman–Crippen MR) is 55.1 cm³/mol. The SMILES string of the molecule is O=c1ccn(C2=CS[C@@H](CO)O2)c(=O)[nH]1. The van der Waals surface area contributed by atoms with E-state index in [1.165, 1.54) is 28.6 Å². The van der Waals surface area contributed by atoms with E-state index in [1.54, 1.807) is 5.41 Å². The molecule has 6 nitrogen and oxygen atoms in total. The highest BCUT2D eigenvalue weighted by Crippen LogP contribution is 2.28. The maximum absolute atomic E-state index is 11.3. The van der Waals surface area contributed by atoms with E-state index < -0.39 is 11.2 Å². The molecule has 2 heterocycles. The molecule has 0 amide bonds. The van der Waals surface area contributed by atoms with Crippen molar-refractivity contribution in [1.29, 1.82) is 0 Å². The van der Waals surface area contributed by atoms with Gasteiger partial charge in [-0.3, -0.25) is 9.78 Å². The molecule has 0 saturated carbocycles. The highest BCUT2D eigenvalue weighted by atomic mass is 32.2. The third-order valence-corrected chi connectivity index (χ3v) is 2.67. The van der Waals surface area contributed by atoms with Crippen LogP contribution in [-0.2, 0) is 4.74 Å². The highest BCUT2D eigenvalue weighted by Gasteiger charge is 2.19. The Morgan fingerprint density at radius 2 is 2.40 bits per heavy atom. The Morgan fingerprint density at radius 3 is 3.00 bits per heavy atom. The van der Waals surface area contributed by atoms with E-state index in [0.29, 0.717) is 5.88 Å². The van der Waals surface area contributed by atoms with Gasteiger partial charge in [0.2, 0.25) is 5.88 Å². The zero-order valence-electron chi connectivity index (χ0n) is 7.54. The van der Waals surface area contributed by atoms with Gasteiger partial charge in [-0.05, 0) is 0 Å². The van der Waals surface area contributed by atoms with Gasteiger partial charge in [0.05, 0.1) is 6.61 Å². The van der Waals surface area contributed by atoms with Gasteiger partial charge in [0.1, 0.15) is 0 Å². The molecule has 1 aromatic rings. The third kappa shape index (κ3) is 1.97. The lowest BCUT2D eigenvalue weighted by Gasteiger charge is -2.09. The van der Waals surface area contributed by atoms with Gasteiger partial charge in [-0.1, -0.05) is 11.8 Å². The summed E-state index contributed by atoms with van der Waals surface area (Å²) in [6.45, 7) is -0.136. The third-order valence-electron chi connectivity index (χ3n) is 1.78. The number of nitrogens with one attached hydrogen (secondary N) is 1. The fraction of sp³-hybridized carbons (Fsp3) is 0.250. The van der Waals surface area contributed by atoms with E-state index in [0.717, 1.165) is 0 Å². The number of H-pyrrole nitrogens is 1. The summed E-state index contributed by atoms with van der Waals surface area (Å²) in [5.41, 5.74) is -1.41. The molecule has 1 aromatic heterocycles. The maximum atomic E-state index is 11.3. The second-order valence-electron chi connectivity index (χ2n) is 2.80. The average Bonchev–Trinajstić information content (AvgIpc) is 2.66. The first-order chi connectivity index (χ1) is 7.20. The van der Waals surface area contributed by atoms with Crippen molar-refractivity contribution in [3.05, 3.63) is 38.5 Å². The molecule has 0 bridgehead atoms. The quantitative estimate of drug-likeness (QED) is 0.704. The molecule has 0 spiro atoms. The maximum Gasteiger partial charge on any atom is 0.335 e. The summed E-state index contributed by atoms with van der Waals surface area (Å²) in [7, 11) is 0. The molecule has 2 rings (SSSR count). The van der Waals surface area contributed by atoms with Gasteiger partial charge < -0.3 is 9.84 Å². The van der Waals surface area contributed by atoms with E-state index >= 15 is 0 Å². The van der Waals surface area contributed by atoms with E-state index in [2.05, 4.69) is 4.98 Å². The van der Waals surface area contributed by atoms with E-state index in [1.807, 2.05) is 0 Å². The first-order valence-electron chi connectivity index (χ1n) is 4.16. The Labute approximate surface area is 88.2 Å². The van der Waals surface area contributed by atoms with Crippen LogP contribution in [0.3, 0.4) is 0 Å². The molecule has 15 heavy (non-hydrogen) atoms. The Morgan fingerprint density at radius 1 is 1.60 bits per heavy atom. The number of thioether (sulfide) groups is 1. The van der Waals surface area contributed by atoms with Crippen molar-refractivity contribution in [2.75, 3.05) is 6.61 Å². The fourth-order valence-electron chi connectivity index (χ4n) is 1.11. The topological polar surface area (TPSA) is 84.3 Å². The van der Waals surface area contributed by atoms with Gasteiger partial charge in [-0.25, -0.2) is 9.36 Å². The number of ether oxygens (including phenoxy) is 1. The van der Waals surface area contributed by atoms with Gasteiger partial charge in [-0.15, -0.1) is 0 Å².